The lowest BCUT2D eigenvalue weighted by atomic mass is 10.1. The van der Waals surface area contributed by atoms with E-state index in [0.717, 1.165) is 28.6 Å². The summed E-state index contributed by atoms with van der Waals surface area (Å²) in [7, 11) is 0. The maximum atomic E-state index is 13.5. The standard InChI is InChI=1S/C24H23F3N6O/c1-4-32(17-10-15(22(28)34)9-16(11-17)24(25,26)27)23-30-8-6-20(31-23)19-13-33(14(2)3)21-12-29-7-5-18(19)21/h5-14H,4H2,1-3H3,(H2,28,34). The number of fused-ring (bicyclic) bond motifs is 1. The van der Waals surface area contributed by atoms with Crippen molar-refractivity contribution in [1.82, 2.24) is 19.5 Å². The summed E-state index contributed by atoms with van der Waals surface area (Å²) < 4.78 is 42.5. The number of rotatable bonds is 6. The first-order valence-corrected chi connectivity index (χ1v) is 10.7. The lowest BCUT2D eigenvalue weighted by Crippen LogP contribution is -2.21. The normalized spacial score (nSPS) is 11.9. The Kier molecular flexibility index (Phi) is 5.99. The van der Waals surface area contributed by atoms with E-state index in [9.17, 15) is 18.0 Å². The van der Waals surface area contributed by atoms with Gasteiger partial charge in [-0.2, -0.15) is 13.2 Å². The van der Waals surface area contributed by atoms with Crippen LogP contribution in [-0.2, 0) is 6.18 Å². The van der Waals surface area contributed by atoms with Gasteiger partial charge in [0, 0.05) is 53.4 Å². The molecule has 0 spiro atoms. The quantitative estimate of drug-likeness (QED) is 0.412. The van der Waals surface area contributed by atoms with Gasteiger partial charge < -0.3 is 15.2 Å². The summed E-state index contributed by atoms with van der Waals surface area (Å²) in [5.41, 5.74) is 6.61. The Balaban J connectivity index is 1.84. The molecule has 0 aliphatic rings. The van der Waals surface area contributed by atoms with Crippen molar-refractivity contribution in [1.29, 1.82) is 0 Å². The maximum absolute atomic E-state index is 13.5. The zero-order chi connectivity index (χ0) is 24.6. The summed E-state index contributed by atoms with van der Waals surface area (Å²) >= 11 is 0. The van der Waals surface area contributed by atoms with Crippen molar-refractivity contribution in [2.24, 2.45) is 5.73 Å². The Bertz CT molecular complexity index is 1360. The Hall–Kier alpha value is -3.95. The van der Waals surface area contributed by atoms with Crippen LogP contribution < -0.4 is 10.6 Å². The van der Waals surface area contributed by atoms with E-state index in [-0.39, 0.29) is 29.8 Å². The minimum Gasteiger partial charge on any atom is -0.366 e. The fraction of sp³-hybridized carbons (Fsp3) is 0.250. The van der Waals surface area contributed by atoms with Gasteiger partial charge in [0.15, 0.2) is 0 Å². The molecule has 0 atom stereocenters. The van der Waals surface area contributed by atoms with E-state index in [1.54, 1.807) is 31.6 Å². The van der Waals surface area contributed by atoms with E-state index < -0.39 is 17.6 Å². The first-order chi connectivity index (χ1) is 16.1. The van der Waals surface area contributed by atoms with E-state index in [2.05, 4.69) is 33.4 Å². The number of anilines is 2. The highest BCUT2D eigenvalue weighted by molar-refractivity contribution is 5.95. The molecule has 0 saturated carbocycles. The summed E-state index contributed by atoms with van der Waals surface area (Å²) in [6.45, 7) is 6.14. The largest absolute Gasteiger partial charge is 0.416 e. The van der Waals surface area contributed by atoms with Crippen molar-refractivity contribution in [3.05, 3.63) is 66.2 Å². The smallest absolute Gasteiger partial charge is 0.366 e. The number of carbonyl (C=O) groups is 1. The third kappa shape index (κ3) is 4.30. The average Bonchev–Trinajstić information content (AvgIpc) is 3.19. The summed E-state index contributed by atoms with van der Waals surface area (Å²) in [6, 6.07) is 6.85. The van der Waals surface area contributed by atoms with E-state index in [4.69, 9.17) is 5.73 Å². The minimum atomic E-state index is -4.64. The molecule has 0 unspecified atom stereocenters. The molecule has 3 heterocycles. The zero-order valence-corrected chi connectivity index (χ0v) is 18.8. The van der Waals surface area contributed by atoms with Crippen LogP contribution in [0.5, 0.6) is 0 Å². The second-order valence-electron chi connectivity index (χ2n) is 8.05. The van der Waals surface area contributed by atoms with Crippen LogP contribution in [0.2, 0.25) is 0 Å². The Labute approximate surface area is 194 Å². The number of aromatic nitrogens is 4. The lowest BCUT2D eigenvalue weighted by Gasteiger charge is -2.23. The number of halogens is 3. The Morgan fingerprint density at radius 1 is 1.18 bits per heavy atom. The van der Waals surface area contributed by atoms with E-state index >= 15 is 0 Å². The molecule has 2 N–H and O–H groups in total. The molecule has 0 saturated heterocycles. The van der Waals surface area contributed by atoms with Crippen LogP contribution in [0.4, 0.5) is 24.8 Å². The average molecular weight is 468 g/mol. The molecule has 3 aromatic heterocycles. The molecular weight excluding hydrogens is 445 g/mol. The van der Waals surface area contributed by atoms with E-state index in [0.29, 0.717) is 5.69 Å². The van der Waals surface area contributed by atoms with Gasteiger partial charge in [-0.3, -0.25) is 9.78 Å². The molecule has 10 heteroatoms. The molecule has 4 rings (SSSR count). The van der Waals surface area contributed by atoms with Gasteiger partial charge in [0.1, 0.15) is 0 Å². The van der Waals surface area contributed by atoms with Crippen LogP contribution in [0.1, 0.15) is 42.7 Å². The van der Waals surface area contributed by atoms with E-state index in [1.165, 1.54) is 11.0 Å². The Morgan fingerprint density at radius 2 is 1.94 bits per heavy atom. The van der Waals surface area contributed by atoms with Gasteiger partial charge in [-0.15, -0.1) is 0 Å². The molecule has 0 fully saturated rings. The monoisotopic (exact) mass is 468 g/mol. The third-order valence-electron chi connectivity index (χ3n) is 5.51. The van der Waals surface area contributed by atoms with E-state index in [1.807, 2.05) is 12.3 Å². The molecular formula is C24H23F3N6O. The fourth-order valence-electron chi connectivity index (χ4n) is 3.87. The highest BCUT2D eigenvalue weighted by Gasteiger charge is 2.32. The predicted octanol–water partition coefficient (Wildman–Crippen LogP) is 5.35. The first kappa shape index (κ1) is 23.2. The molecule has 0 radical (unpaired) electrons. The summed E-state index contributed by atoms with van der Waals surface area (Å²) in [4.78, 5) is 26.4. The van der Waals surface area contributed by atoms with Crippen molar-refractivity contribution in [3.8, 4) is 11.3 Å². The number of carbonyl (C=O) groups excluding carboxylic acids is 1. The van der Waals surface area contributed by atoms with Crippen molar-refractivity contribution in [2.75, 3.05) is 11.4 Å². The van der Waals surface area contributed by atoms with Crippen LogP contribution in [0.15, 0.2) is 55.1 Å². The van der Waals surface area contributed by atoms with Gasteiger partial charge in [-0.1, -0.05) is 0 Å². The summed E-state index contributed by atoms with van der Waals surface area (Å²) in [5, 5.41) is 0.950. The third-order valence-corrected chi connectivity index (χ3v) is 5.51. The van der Waals surface area contributed by atoms with Crippen LogP contribution >= 0.6 is 0 Å². The van der Waals surface area contributed by atoms with Crippen LogP contribution in [0.25, 0.3) is 22.2 Å². The Morgan fingerprint density at radius 3 is 2.59 bits per heavy atom. The number of nitrogens with zero attached hydrogens (tertiary/aromatic N) is 5. The van der Waals surface area contributed by atoms with Gasteiger partial charge in [0.25, 0.3) is 0 Å². The number of hydrogen-bond donors (Lipinski definition) is 1. The van der Waals surface area contributed by atoms with Crippen molar-refractivity contribution < 1.29 is 18.0 Å². The molecule has 4 aromatic rings. The number of alkyl halides is 3. The van der Waals surface area contributed by atoms with Gasteiger partial charge in [0.2, 0.25) is 11.9 Å². The van der Waals surface area contributed by atoms with Crippen LogP contribution in [0.3, 0.4) is 0 Å². The summed E-state index contributed by atoms with van der Waals surface area (Å²) in [5.74, 6) is -0.748. The van der Waals surface area contributed by atoms with Gasteiger partial charge in [-0.25, -0.2) is 9.97 Å². The topological polar surface area (TPSA) is 89.9 Å². The molecule has 0 bridgehead atoms. The number of primary amides is 1. The number of hydrogen-bond acceptors (Lipinski definition) is 5. The molecule has 7 nitrogen and oxygen atoms in total. The van der Waals surface area contributed by atoms with Gasteiger partial charge >= 0.3 is 6.18 Å². The number of amides is 1. The summed E-state index contributed by atoms with van der Waals surface area (Å²) in [6.07, 6.45) is 2.38. The predicted molar refractivity (Wildman–Crippen MR) is 124 cm³/mol. The van der Waals surface area contributed by atoms with Crippen LogP contribution in [0, 0.1) is 0 Å². The second-order valence-corrected chi connectivity index (χ2v) is 8.05. The van der Waals surface area contributed by atoms with Crippen molar-refractivity contribution in [3.63, 3.8) is 0 Å². The highest BCUT2D eigenvalue weighted by Crippen LogP contribution is 2.36. The van der Waals surface area contributed by atoms with Crippen molar-refractivity contribution in [2.45, 2.75) is 33.0 Å². The number of benzene rings is 1. The molecule has 1 amide bonds. The second kappa shape index (κ2) is 8.77. The number of pyridine rings is 1. The highest BCUT2D eigenvalue weighted by atomic mass is 19.4. The number of nitrogens with two attached hydrogens (primary N) is 1. The van der Waals surface area contributed by atoms with Gasteiger partial charge in [0.05, 0.1) is 23.0 Å². The van der Waals surface area contributed by atoms with Gasteiger partial charge in [-0.05, 0) is 51.1 Å². The van der Waals surface area contributed by atoms with Crippen LogP contribution in [-0.4, -0.2) is 32.0 Å². The first-order valence-electron chi connectivity index (χ1n) is 10.7. The molecule has 0 aliphatic carbocycles. The molecule has 176 valence electrons. The zero-order valence-electron chi connectivity index (χ0n) is 18.8. The fourth-order valence-corrected chi connectivity index (χ4v) is 3.87. The SMILES string of the molecule is CCN(c1cc(C(N)=O)cc(C(F)(F)F)c1)c1nccc(-c2cn(C(C)C)c3cnccc23)n1. The molecule has 1 aromatic carbocycles. The minimum absolute atomic E-state index is 0.122. The lowest BCUT2D eigenvalue weighted by molar-refractivity contribution is -0.137. The van der Waals surface area contributed by atoms with Crippen molar-refractivity contribution >= 4 is 28.4 Å². The maximum Gasteiger partial charge on any atom is 0.416 e. The molecule has 34 heavy (non-hydrogen) atoms. The molecule has 0 aliphatic heterocycles.